The van der Waals surface area contributed by atoms with Gasteiger partial charge >= 0.3 is 0 Å². The third-order valence-corrected chi connectivity index (χ3v) is 3.83. The summed E-state index contributed by atoms with van der Waals surface area (Å²) in [5, 5.41) is 3.43. The number of benzene rings is 2. The van der Waals surface area contributed by atoms with E-state index < -0.39 is 0 Å². The molecule has 0 aromatic heterocycles. The number of hydrogen-bond donors (Lipinski definition) is 1. The second kappa shape index (κ2) is 7.62. The van der Waals surface area contributed by atoms with Crippen molar-refractivity contribution in [3.63, 3.8) is 0 Å². The molecule has 0 heterocycles. The summed E-state index contributed by atoms with van der Waals surface area (Å²) in [6, 6.07) is 12.5. The largest absolute Gasteiger partial charge is 0.457 e. The summed E-state index contributed by atoms with van der Waals surface area (Å²) in [4.78, 5) is 0. The maximum atomic E-state index is 6.16. The van der Waals surface area contributed by atoms with E-state index in [1.54, 1.807) is 0 Å². The van der Waals surface area contributed by atoms with Gasteiger partial charge in [-0.2, -0.15) is 0 Å². The molecule has 1 N–H and O–H groups in total. The van der Waals surface area contributed by atoms with Gasteiger partial charge in [0.15, 0.2) is 0 Å². The molecule has 0 bridgehead atoms. The zero-order chi connectivity index (χ0) is 15.2. The second-order valence-corrected chi connectivity index (χ2v) is 6.22. The molecular weight excluding hydrogens is 326 g/mol. The molecule has 0 aliphatic carbocycles. The molecule has 112 valence electrons. The maximum Gasteiger partial charge on any atom is 0.133 e. The summed E-state index contributed by atoms with van der Waals surface area (Å²) in [5.41, 5.74) is 3.52. The summed E-state index contributed by atoms with van der Waals surface area (Å²) >= 11 is 3.52. The molecule has 0 amide bonds. The van der Waals surface area contributed by atoms with Crippen LogP contribution in [0.3, 0.4) is 0 Å². The Labute approximate surface area is 135 Å². The fraction of sp³-hybridized carbons (Fsp3) is 0.333. The Balaban J connectivity index is 2.25. The van der Waals surface area contributed by atoms with Crippen molar-refractivity contribution in [2.45, 2.75) is 33.7 Å². The standard InChI is InChI=1S/C18H22BrNO/c1-4-9-20-12-15-7-8-16(19)11-18(15)21-17-10-13(2)5-6-14(17)3/h5-8,10-11,20H,4,9,12H2,1-3H3. The van der Waals surface area contributed by atoms with E-state index >= 15 is 0 Å². The van der Waals surface area contributed by atoms with E-state index in [1.165, 1.54) is 11.1 Å². The lowest BCUT2D eigenvalue weighted by atomic mass is 10.1. The lowest BCUT2D eigenvalue weighted by Gasteiger charge is -2.14. The first kappa shape index (κ1) is 16.1. The molecule has 2 aromatic rings. The van der Waals surface area contributed by atoms with Crippen LogP contribution in [-0.2, 0) is 6.54 Å². The molecule has 2 rings (SSSR count). The van der Waals surface area contributed by atoms with Crippen LogP contribution >= 0.6 is 15.9 Å². The van der Waals surface area contributed by atoms with Crippen LogP contribution in [0.15, 0.2) is 40.9 Å². The molecular formula is C18H22BrNO. The van der Waals surface area contributed by atoms with E-state index in [2.05, 4.69) is 72.3 Å². The molecule has 2 aromatic carbocycles. The summed E-state index contributed by atoms with van der Waals surface area (Å²) in [6.07, 6.45) is 1.13. The minimum Gasteiger partial charge on any atom is -0.457 e. The third kappa shape index (κ3) is 4.58. The first-order valence-corrected chi connectivity index (χ1v) is 8.13. The van der Waals surface area contributed by atoms with Gasteiger partial charge in [0, 0.05) is 16.6 Å². The van der Waals surface area contributed by atoms with Crippen molar-refractivity contribution in [1.29, 1.82) is 0 Å². The topological polar surface area (TPSA) is 21.3 Å². The molecule has 0 atom stereocenters. The summed E-state index contributed by atoms with van der Waals surface area (Å²) in [5.74, 6) is 1.83. The van der Waals surface area contributed by atoms with Crippen LogP contribution in [0.2, 0.25) is 0 Å². The number of ether oxygens (including phenoxy) is 1. The van der Waals surface area contributed by atoms with Gasteiger partial charge in [0.2, 0.25) is 0 Å². The average molecular weight is 348 g/mol. The Hall–Kier alpha value is -1.32. The zero-order valence-electron chi connectivity index (χ0n) is 12.9. The average Bonchev–Trinajstić information content (AvgIpc) is 2.45. The van der Waals surface area contributed by atoms with Gasteiger partial charge in [-0.05, 0) is 56.1 Å². The van der Waals surface area contributed by atoms with Crippen molar-refractivity contribution in [2.75, 3.05) is 6.54 Å². The van der Waals surface area contributed by atoms with Crippen LogP contribution in [0.4, 0.5) is 0 Å². The number of rotatable bonds is 6. The van der Waals surface area contributed by atoms with E-state index in [4.69, 9.17) is 4.74 Å². The van der Waals surface area contributed by atoms with E-state index in [1.807, 2.05) is 6.07 Å². The van der Waals surface area contributed by atoms with Crippen LogP contribution in [-0.4, -0.2) is 6.54 Å². The van der Waals surface area contributed by atoms with Crippen molar-refractivity contribution < 1.29 is 4.74 Å². The highest BCUT2D eigenvalue weighted by atomic mass is 79.9. The van der Waals surface area contributed by atoms with E-state index in [-0.39, 0.29) is 0 Å². The number of halogens is 1. The van der Waals surface area contributed by atoms with Crippen molar-refractivity contribution in [2.24, 2.45) is 0 Å². The molecule has 3 heteroatoms. The Morgan fingerprint density at radius 3 is 2.62 bits per heavy atom. The highest BCUT2D eigenvalue weighted by Crippen LogP contribution is 2.31. The Morgan fingerprint density at radius 1 is 1.05 bits per heavy atom. The number of hydrogen-bond acceptors (Lipinski definition) is 2. The quantitative estimate of drug-likeness (QED) is 0.710. The molecule has 0 saturated carbocycles. The van der Waals surface area contributed by atoms with Crippen LogP contribution < -0.4 is 10.1 Å². The van der Waals surface area contributed by atoms with Gasteiger partial charge in [0.05, 0.1) is 0 Å². The first-order chi connectivity index (χ1) is 10.1. The molecule has 0 fully saturated rings. The SMILES string of the molecule is CCCNCc1ccc(Br)cc1Oc1cc(C)ccc1C. The van der Waals surface area contributed by atoms with E-state index in [0.717, 1.165) is 41.0 Å². The normalized spacial score (nSPS) is 10.7. The molecule has 0 aliphatic heterocycles. The highest BCUT2D eigenvalue weighted by Gasteiger charge is 2.08. The lowest BCUT2D eigenvalue weighted by Crippen LogP contribution is -2.14. The van der Waals surface area contributed by atoms with Crippen molar-refractivity contribution >= 4 is 15.9 Å². The fourth-order valence-corrected chi connectivity index (χ4v) is 2.45. The van der Waals surface area contributed by atoms with Crippen LogP contribution in [0, 0.1) is 13.8 Å². The molecule has 21 heavy (non-hydrogen) atoms. The van der Waals surface area contributed by atoms with Gasteiger partial charge in [-0.1, -0.05) is 41.1 Å². The molecule has 0 radical (unpaired) electrons. The Morgan fingerprint density at radius 2 is 1.86 bits per heavy atom. The monoisotopic (exact) mass is 347 g/mol. The summed E-state index contributed by atoms with van der Waals surface area (Å²) in [6.45, 7) is 8.15. The lowest BCUT2D eigenvalue weighted by molar-refractivity contribution is 0.468. The smallest absolute Gasteiger partial charge is 0.133 e. The van der Waals surface area contributed by atoms with Crippen LogP contribution in [0.25, 0.3) is 0 Å². The molecule has 2 nitrogen and oxygen atoms in total. The van der Waals surface area contributed by atoms with Gasteiger partial charge < -0.3 is 10.1 Å². The maximum absolute atomic E-state index is 6.16. The van der Waals surface area contributed by atoms with E-state index in [0.29, 0.717) is 0 Å². The minimum atomic E-state index is 0.821. The predicted molar refractivity (Wildman–Crippen MR) is 92.1 cm³/mol. The molecule has 0 unspecified atom stereocenters. The van der Waals surface area contributed by atoms with Crippen molar-refractivity contribution in [3.8, 4) is 11.5 Å². The van der Waals surface area contributed by atoms with Gasteiger partial charge in [-0.25, -0.2) is 0 Å². The van der Waals surface area contributed by atoms with Crippen LogP contribution in [0.5, 0.6) is 11.5 Å². The second-order valence-electron chi connectivity index (χ2n) is 5.30. The summed E-state index contributed by atoms with van der Waals surface area (Å²) in [7, 11) is 0. The van der Waals surface area contributed by atoms with Gasteiger partial charge in [0.1, 0.15) is 11.5 Å². The number of aryl methyl sites for hydroxylation is 2. The Kier molecular flexibility index (Phi) is 5.83. The van der Waals surface area contributed by atoms with E-state index in [9.17, 15) is 0 Å². The zero-order valence-corrected chi connectivity index (χ0v) is 14.5. The molecule has 0 spiro atoms. The van der Waals surface area contributed by atoms with Crippen molar-refractivity contribution in [1.82, 2.24) is 5.32 Å². The summed E-state index contributed by atoms with van der Waals surface area (Å²) < 4.78 is 7.19. The first-order valence-electron chi connectivity index (χ1n) is 7.34. The van der Waals surface area contributed by atoms with Crippen LogP contribution in [0.1, 0.15) is 30.0 Å². The third-order valence-electron chi connectivity index (χ3n) is 3.33. The Bertz CT molecular complexity index is 610. The minimum absolute atomic E-state index is 0.821. The highest BCUT2D eigenvalue weighted by molar-refractivity contribution is 9.10. The number of nitrogens with one attached hydrogen (secondary N) is 1. The van der Waals surface area contributed by atoms with Gasteiger partial charge in [-0.3, -0.25) is 0 Å². The molecule has 0 aliphatic rings. The fourth-order valence-electron chi connectivity index (χ4n) is 2.10. The van der Waals surface area contributed by atoms with Gasteiger partial charge in [0.25, 0.3) is 0 Å². The van der Waals surface area contributed by atoms with Gasteiger partial charge in [-0.15, -0.1) is 0 Å². The van der Waals surface area contributed by atoms with Crippen molar-refractivity contribution in [3.05, 3.63) is 57.6 Å². The molecule has 0 saturated heterocycles. The predicted octanol–water partition coefficient (Wildman–Crippen LogP) is 5.36.